The van der Waals surface area contributed by atoms with Gasteiger partial charge in [-0.3, -0.25) is 0 Å². The van der Waals surface area contributed by atoms with Crippen LogP contribution in [0.25, 0.3) is 0 Å². The molecule has 0 atom stereocenters. The fourth-order valence-electron chi connectivity index (χ4n) is 0.0866. The number of hydrogen-bond donors (Lipinski definition) is 0. The molecule has 0 aromatic rings. The van der Waals surface area contributed by atoms with Crippen molar-refractivity contribution in [1.29, 1.82) is 26.3 Å². The van der Waals surface area contributed by atoms with E-state index in [9.17, 15) is 0 Å². The Kier molecular flexibility index (Phi) is 63.3. The summed E-state index contributed by atoms with van der Waals surface area (Å²) >= 11 is -2.25. The van der Waals surface area contributed by atoms with Gasteiger partial charge in [0, 0.05) is 0 Å². The molecule has 0 unspecified atom stereocenters. The first kappa shape index (κ1) is 22.4. The SMILES string of the molecule is N#[C][Al]([C]#N)[C]#N.[C-]#N.[C-]#N.[Mn+2]. The van der Waals surface area contributed by atoms with Crippen molar-refractivity contribution in [1.82, 2.24) is 0 Å². The fourth-order valence-corrected chi connectivity index (χ4v) is 0.260. The molecule has 5 nitrogen and oxygen atoms in total. The minimum atomic E-state index is -2.25. The Balaban J connectivity index is -0.0000000560. The maximum absolute atomic E-state index is 7.89. The summed E-state index contributed by atoms with van der Waals surface area (Å²) in [5.41, 5.74) is 0. The summed E-state index contributed by atoms with van der Waals surface area (Å²) in [4.78, 5) is 4.85. The topological polar surface area (TPSA) is 119 Å². The molecule has 0 rings (SSSR count). The number of rotatable bonds is 0. The quantitative estimate of drug-likeness (QED) is 0.408. The molecular weight excluding hydrogens is 212 g/mol. The van der Waals surface area contributed by atoms with Gasteiger partial charge >= 0.3 is 31.2 Å². The molecule has 0 aliphatic rings. The average molecular weight is 212 g/mol. The van der Waals surface area contributed by atoms with Crippen LogP contribution in [0.4, 0.5) is 0 Å². The minimum absolute atomic E-state index is 0. The molecule has 0 aliphatic carbocycles. The molecule has 0 fully saturated rings. The van der Waals surface area contributed by atoms with E-state index in [0.717, 1.165) is 0 Å². The second-order valence-corrected chi connectivity index (χ2v) is 2.46. The normalized spacial score (nSPS) is 3.08. The Morgan fingerprint density at radius 2 is 0.917 bits per heavy atom. The van der Waals surface area contributed by atoms with Gasteiger partial charge in [0.05, 0.1) is 0 Å². The van der Waals surface area contributed by atoms with Gasteiger partial charge in [0.25, 0.3) is 0 Å². The van der Waals surface area contributed by atoms with Crippen LogP contribution in [0.15, 0.2) is 0 Å². The Bertz CT molecular complexity index is 199. The minimum Gasteiger partial charge on any atom is -0.512 e. The zero-order valence-corrected chi connectivity index (χ0v) is 8.03. The zero-order chi connectivity index (χ0) is 9.70. The van der Waals surface area contributed by atoms with Gasteiger partial charge in [-0.2, -0.15) is 0 Å². The van der Waals surface area contributed by atoms with E-state index >= 15 is 0 Å². The standard InChI is InChI=1S/5CN.Al.Mn/c5*1-2;;/q;;;2*-1;;+2. The van der Waals surface area contributed by atoms with Crippen molar-refractivity contribution in [2.45, 2.75) is 0 Å². The van der Waals surface area contributed by atoms with Gasteiger partial charge in [-0.25, -0.2) is 15.8 Å². The second kappa shape index (κ2) is 33.9. The summed E-state index contributed by atoms with van der Waals surface area (Å²) in [7, 11) is 0. The van der Waals surface area contributed by atoms with Gasteiger partial charge in [0.2, 0.25) is 0 Å². The van der Waals surface area contributed by atoms with E-state index in [4.69, 9.17) is 39.5 Å². The van der Waals surface area contributed by atoms with Crippen LogP contribution in [0.5, 0.6) is 0 Å². The Hall–Kier alpha value is -1.50. The largest absolute Gasteiger partial charge is 2.00 e. The van der Waals surface area contributed by atoms with E-state index in [1.165, 1.54) is 0 Å². The molecule has 0 heterocycles. The van der Waals surface area contributed by atoms with Crippen LogP contribution < -0.4 is 0 Å². The maximum Gasteiger partial charge on any atom is 2.00 e. The Labute approximate surface area is 85.5 Å². The molecule has 7 heteroatoms. The van der Waals surface area contributed by atoms with E-state index in [0.29, 0.717) is 0 Å². The van der Waals surface area contributed by atoms with Crippen molar-refractivity contribution < 1.29 is 17.1 Å². The third kappa shape index (κ3) is 23.6. The molecule has 0 aromatic heterocycles. The predicted molar refractivity (Wildman–Crippen MR) is 32.5 cm³/mol. The molecule has 12 heavy (non-hydrogen) atoms. The molecule has 0 saturated carbocycles. The molecular formula is C5AlMnN5. The molecule has 0 amide bonds. The van der Waals surface area contributed by atoms with E-state index in [-0.39, 0.29) is 17.1 Å². The van der Waals surface area contributed by atoms with Gasteiger partial charge in [-0.1, -0.05) is 0 Å². The summed E-state index contributed by atoms with van der Waals surface area (Å²) in [6, 6.07) is 0. The van der Waals surface area contributed by atoms with Gasteiger partial charge in [0.1, 0.15) is 0 Å². The maximum atomic E-state index is 7.89. The summed E-state index contributed by atoms with van der Waals surface area (Å²) in [6.07, 6.45) is 0. The number of nitrogens with zero attached hydrogens (tertiary/aromatic N) is 5. The monoisotopic (exact) mass is 212 g/mol. The molecule has 0 bridgehead atoms. The molecule has 0 aromatic carbocycles. The second-order valence-electron chi connectivity index (χ2n) is 0.820. The van der Waals surface area contributed by atoms with Crippen LogP contribution in [-0.4, -0.2) is 14.1 Å². The molecule has 0 saturated heterocycles. The van der Waals surface area contributed by atoms with Crippen LogP contribution in [0.3, 0.4) is 0 Å². The molecule has 0 aliphatic heterocycles. The third-order valence-corrected chi connectivity index (χ3v) is 1.16. The van der Waals surface area contributed by atoms with Crippen molar-refractivity contribution in [2.24, 2.45) is 0 Å². The van der Waals surface area contributed by atoms with E-state index in [1.54, 1.807) is 14.8 Å². The third-order valence-electron chi connectivity index (χ3n) is 0.387. The number of nitriles is 3. The Morgan fingerprint density at radius 1 is 0.750 bits per heavy atom. The number of hydrogen-bond acceptors (Lipinski definition) is 5. The summed E-state index contributed by atoms with van der Waals surface area (Å²) in [5.74, 6) is 0. The summed E-state index contributed by atoms with van der Waals surface area (Å²) < 4.78 is 0. The van der Waals surface area contributed by atoms with Crippen molar-refractivity contribution >= 4 is 14.1 Å². The predicted octanol–water partition coefficient (Wildman–Crippen LogP) is -0.140. The van der Waals surface area contributed by atoms with Crippen LogP contribution in [0.2, 0.25) is 0 Å². The van der Waals surface area contributed by atoms with Gasteiger partial charge in [-0.15, -0.1) is 0 Å². The van der Waals surface area contributed by atoms with Crippen molar-refractivity contribution in [2.75, 3.05) is 0 Å². The average Bonchev–Trinajstić information content (AvgIpc) is 2.14. The summed E-state index contributed by atoms with van der Waals surface area (Å²) in [5, 5.41) is 36.2. The molecule has 55 valence electrons. The molecule has 0 N–H and O–H groups in total. The van der Waals surface area contributed by atoms with Gasteiger partial charge in [-0.05, 0) is 14.8 Å². The van der Waals surface area contributed by atoms with E-state index < -0.39 is 14.1 Å². The fraction of sp³-hybridized carbons (Fsp3) is 0. The van der Waals surface area contributed by atoms with Crippen molar-refractivity contribution in [3.63, 3.8) is 0 Å². The zero-order valence-electron chi connectivity index (χ0n) is 5.69. The van der Waals surface area contributed by atoms with Gasteiger partial charge in [0.15, 0.2) is 0 Å². The smallest absolute Gasteiger partial charge is 0.512 e. The van der Waals surface area contributed by atoms with Crippen LogP contribution in [0.1, 0.15) is 0 Å². The Morgan fingerprint density at radius 3 is 0.917 bits per heavy atom. The van der Waals surface area contributed by atoms with E-state index in [1.807, 2.05) is 0 Å². The molecule has 1 radical (unpaired) electrons. The first-order valence-electron chi connectivity index (χ1n) is 1.98. The van der Waals surface area contributed by atoms with Crippen LogP contribution in [-0.2, 0) is 17.1 Å². The molecule has 0 spiro atoms. The first-order valence-corrected chi connectivity index (χ1v) is 3.72. The van der Waals surface area contributed by atoms with Gasteiger partial charge < -0.3 is 23.7 Å². The van der Waals surface area contributed by atoms with Crippen LogP contribution >= 0.6 is 0 Å². The van der Waals surface area contributed by atoms with E-state index in [2.05, 4.69) is 0 Å². The first-order chi connectivity index (χ1) is 5.35. The van der Waals surface area contributed by atoms with Crippen molar-refractivity contribution in [3.8, 4) is 14.8 Å². The van der Waals surface area contributed by atoms with Crippen molar-refractivity contribution in [3.05, 3.63) is 13.1 Å². The van der Waals surface area contributed by atoms with Crippen LogP contribution in [0, 0.1) is 54.2 Å². The summed E-state index contributed by atoms with van der Waals surface area (Å²) in [6.45, 7) is 9.50.